The smallest absolute Gasteiger partial charge is 0.0327 e. The normalized spacial score (nSPS) is 10.6. The maximum Gasteiger partial charge on any atom is 0.0327 e. The van der Waals surface area contributed by atoms with Gasteiger partial charge >= 0.3 is 0 Å². The van der Waals surface area contributed by atoms with Crippen LogP contribution in [-0.4, -0.2) is 18.1 Å². The Morgan fingerprint density at radius 3 is 3.08 bits per heavy atom. The molecule has 1 aromatic rings. The largest absolute Gasteiger partial charge is 0.311 e. The van der Waals surface area contributed by atoms with Gasteiger partial charge in [-0.15, -0.1) is 11.3 Å². The minimum Gasteiger partial charge on any atom is -0.311 e. The summed E-state index contributed by atoms with van der Waals surface area (Å²) in [6.07, 6.45) is 0. The van der Waals surface area contributed by atoms with Gasteiger partial charge in [0.2, 0.25) is 0 Å². The van der Waals surface area contributed by atoms with E-state index < -0.39 is 0 Å². The number of thiophene rings is 1. The Morgan fingerprint density at radius 2 is 2.46 bits per heavy atom. The van der Waals surface area contributed by atoms with Gasteiger partial charge < -0.3 is 5.32 Å². The monoisotopic (exact) mass is 279 g/mol. The zero-order chi connectivity index (χ0) is 9.52. The molecule has 1 N–H and O–H groups in total. The molecule has 0 aliphatic rings. The van der Waals surface area contributed by atoms with Gasteiger partial charge in [0.25, 0.3) is 0 Å². The molecule has 1 nitrogen and oxygen atoms in total. The molecule has 0 atom stereocenters. The van der Waals surface area contributed by atoms with E-state index in [-0.39, 0.29) is 0 Å². The highest BCUT2D eigenvalue weighted by molar-refractivity contribution is 9.10. The molecule has 0 aliphatic carbocycles. The van der Waals surface area contributed by atoms with Crippen molar-refractivity contribution in [3.63, 3.8) is 0 Å². The summed E-state index contributed by atoms with van der Waals surface area (Å²) >= 11 is 7.29. The molecule has 4 heteroatoms. The highest BCUT2D eigenvalue weighted by atomic mass is 79.9. The molecule has 0 aromatic carbocycles. The second-order valence-electron chi connectivity index (χ2n) is 2.57. The number of rotatable bonds is 6. The number of thioether (sulfide) groups is 1. The van der Waals surface area contributed by atoms with Gasteiger partial charge in [0.1, 0.15) is 0 Å². The van der Waals surface area contributed by atoms with Crippen LogP contribution in [0.4, 0.5) is 0 Å². The second-order valence-corrected chi connectivity index (χ2v) is 5.81. The van der Waals surface area contributed by atoms with Crippen LogP contribution in [0.2, 0.25) is 0 Å². The van der Waals surface area contributed by atoms with Crippen LogP contribution < -0.4 is 5.32 Å². The first kappa shape index (κ1) is 11.6. The van der Waals surface area contributed by atoms with Crippen molar-refractivity contribution in [1.29, 1.82) is 0 Å². The van der Waals surface area contributed by atoms with Crippen LogP contribution >= 0.6 is 39.0 Å². The number of hydrogen-bond acceptors (Lipinski definition) is 3. The van der Waals surface area contributed by atoms with E-state index in [1.54, 1.807) is 11.3 Å². The van der Waals surface area contributed by atoms with Crippen LogP contribution in [0.1, 0.15) is 11.8 Å². The van der Waals surface area contributed by atoms with Crippen molar-refractivity contribution >= 4 is 39.0 Å². The Balaban J connectivity index is 2.10. The average molecular weight is 280 g/mol. The number of nitrogens with one attached hydrogen (secondary N) is 1. The SMILES string of the molecule is CCSCCNCc1sccc1Br. The van der Waals surface area contributed by atoms with Crippen LogP contribution in [0.3, 0.4) is 0 Å². The Kier molecular flexibility index (Phi) is 6.11. The second kappa shape index (κ2) is 6.87. The van der Waals surface area contributed by atoms with Crippen molar-refractivity contribution in [1.82, 2.24) is 5.32 Å². The lowest BCUT2D eigenvalue weighted by Crippen LogP contribution is -2.16. The minimum atomic E-state index is 0.989. The Bertz CT molecular complexity index is 237. The topological polar surface area (TPSA) is 12.0 Å². The molecule has 74 valence electrons. The third kappa shape index (κ3) is 4.49. The van der Waals surface area contributed by atoms with Crippen molar-refractivity contribution in [3.8, 4) is 0 Å². The van der Waals surface area contributed by atoms with E-state index >= 15 is 0 Å². The maximum absolute atomic E-state index is 3.51. The molecule has 0 fully saturated rings. The summed E-state index contributed by atoms with van der Waals surface area (Å²) in [5, 5.41) is 5.54. The maximum atomic E-state index is 3.51. The lowest BCUT2D eigenvalue weighted by atomic mass is 10.4. The molecule has 0 amide bonds. The average Bonchev–Trinajstić information content (AvgIpc) is 2.52. The van der Waals surface area contributed by atoms with E-state index in [2.05, 4.69) is 39.6 Å². The van der Waals surface area contributed by atoms with Crippen molar-refractivity contribution in [2.45, 2.75) is 13.5 Å². The third-order valence-corrected chi connectivity index (χ3v) is 4.43. The van der Waals surface area contributed by atoms with Crippen molar-refractivity contribution < 1.29 is 0 Å². The summed E-state index contributed by atoms with van der Waals surface area (Å²) in [6.45, 7) is 4.28. The van der Waals surface area contributed by atoms with Gasteiger partial charge in [-0.1, -0.05) is 6.92 Å². The van der Waals surface area contributed by atoms with Crippen LogP contribution in [-0.2, 0) is 6.54 Å². The van der Waals surface area contributed by atoms with E-state index in [4.69, 9.17) is 0 Å². The highest BCUT2D eigenvalue weighted by Crippen LogP contribution is 2.21. The van der Waals surface area contributed by atoms with E-state index in [1.807, 2.05) is 11.8 Å². The number of halogens is 1. The predicted octanol–water partition coefficient (Wildman–Crippen LogP) is 3.35. The molecular formula is C9H14BrNS2. The van der Waals surface area contributed by atoms with E-state index in [0.29, 0.717) is 0 Å². The standard InChI is InChI=1S/C9H14BrNS2/c1-2-12-6-4-11-7-9-8(10)3-5-13-9/h3,5,11H,2,4,6-7H2,1H3. The van der Waals surface area contributed by atoms with E-state index in [1.165, 1.54) is 20.9 Å². The van der Waals surface area contributed by atoms with Gasteiger partial charge in [-0.2, -0.15) is 11.8 Å². The fourth-order valence-corrected chi connectivity index (χ4v) is 2.98. The molecule has 0 radical (unpaired) electrons. The summed E-state index contributed by atoms with van der Waals surface area (Å²) < 4.78 is 1.23. The molecule has 0 spiro atoms. The molecule has 1 aromatic heterocycles. The van der Waals surface area contributed by atoms with Crippen molar-refractivity contribution in [2.24, 2.45) is 0 Å². The number of hydrogen-bond donors (Lipinski definition) is 1. The Hall–Kier alpha value is 0.490. The highest BCUT2D eigenvalue weighted by Gasteiger charge is 1.99. The first-order chi connectivity index (χ1) is 6.34. The van der Waals surface area contributed by atoms with Gasteiger partial charge in [-0.05, 0) is 33.1 Å². The first-order valence-electron chi connectivity index (χ1n) is 4.35. The minimum absolute atomic E-state index is 0.989. The Labute approximate surface area is 96.4 Å². The Morgan fingerprint density at radius 1 is 1.62 bits per heavy atom. The molecule has 0 saturated carbocycles. The summed E-state index contributed by atoms with van der Waals surface area (Å²) in [7, 11) is 0. The lowest BCUT2D eigenvalue weighted by molar-refractivity contribution is 0.739. The quantitative estimate of drug-likeness (QED) is 0.802. The summed E-state index contributed by atoms with van der Waals surface area (Å²) in [5.41, 5.74) is 0. The molecule has 0 unspecified atom stereocenters. The van der Waals surface area contributed by atoms with Gasteiger partial charge in [0.05, 0.1) is 0 Å². The van der Waals surface area contributed by atoms with Gasteiger partial charge in [0.15, 0.2) is 0 Å². The predicted molar refractivity (Wildman–Crippen MR) is 66.7 cm³/mol. The third-order valence-electron chi connectivity index (χ3n) is 1.60. The summed E-state index contributed by atoms with van der Waals surface area (Å²) in [6, 6.07) is 2.10. The van der Waals surface area contributed by atoms with Gasteiger partial charge in [-0.3, -0.25) is 0 Å². The van der Waals surface area contributed by atoms with Crippen LogP contribution in [0.5, 0.6) is 0 Å². The molecule has 1 heterocycles. The molecule has 0 saturated heterocycles. The fourth-order valence-electron chi connectivity index (χ4n) is 0.942. The fraction of sp³-hybridized carbons (Fsp3) is 0.556. The van der Waals surface area contributed by atoms with E-state index in [9.17, 15) is 0 Å². The van der Waals surface area contributed by atoms with Crippen LogP contribution in [0.25, 0.3) is 0 Å². The molecule has 1 rings (SSSR count). The molecular weight excluding hydrogens is 266 g/mol. The van der Waals surface area contributed by atoms with Crippen LogP contribution in [0, 0.1) is 0 Å². The summed E-state index contributed by atoms with van der Waals surface area (Å²) in [5.74, 6) is 2.42. The zero-order valence-corrected chi connectivity index (χ0v) is 10.9. The van der Waals surface area contributed by atoms with Crippen LogP contribution in [0.15, 0.2) is 15.9 Å². The zero-order valence-electron chi connectivity index (χ0n) is 7.68. The summed E-state index contributed by atoms with van der Waals surface area (Å²) in [4.78, 5) is 1.39. The van der Waals surface area contributed by atoms with Gasteiger partial charge in [-0.25, -0.2) is 0 Å². The van der Waals surface area contributed by atoms with E-state index in [0.717, 1.165) is 13.1 Å². The first-order valence-corrected chi connectivity index (χ1v) is 7.17. The van der Waals surface area contributed by atoms with Crippen molar-refractivity contribution in [2.75, 3.05) is 18.1 Å². The molecule has 13 heavy (non-hydrogen) atoms. The molecule has 0 aliphatic heterocycles. The lowest BCUT2D eigenvalue weighted by Gasteiger charge is -2.02. The van der Waals surface area contributed by atoms with Gasteiger partial charge in [0, 0.05) is 28.2 Å². The van der Waals surface area contributed by atoms with Crippen molar-refractivity contribution in [3.05, 3.63) is 20.8 Å². The molecule has 0 bridgehead atoms.